The highest BCUT2D eigenvalue weighted by Crippen LogP contribution is 2.24. The van der Waals surface area contributed by atoms with Crippen LogP contribution < -0.4 is 0 Å². The lowest BCUT2D eigenvalue weighted by Crippen LogP contribution is -2.07. The molecule has 1 aliphatic rings. The molecule has 0 unspecified atom stereocenters. The molecule has 0 bridgehead atoms. The first-order valence-corrected chi connectivity index (χ1v) is 4.97. The Hall–Kier alpha value is -1.22. The fraction of sp³-hybridized carbons (Fsp3) is 0.385. The predicted molar refractivity (Wildman–Crippen MR) is 55.3 cm³/mol. The van der Waals surface area contributed by atoms with Gasteiger partial charge in [0.25, 0.3) is 0 Å². The van der Waals surface area contributed by atoms with Gasteiger partial charge in [-0.1, -0.05) is 48.6 Å². The molecule has 0 atom stereocenters. The highest BCUT2D eigenvalue weighted by Gasteiger charge is 2.13. The summed E-state index contributed by atoms with van der Waals surface area (Å²) in [5.74, 6) is 7.28. The third-order valence-corrected chi connectivity index (χ3v) is 2.55. The second kappa shape index (κ2) is 4.14. The number of hydrogen-bond donors (Lipinski definition) is 0. The maximum absolute atomic E-state index is 3.32. The van der Waals surface area contributed by atoms with E-state index in [4.69, 9.17) is 0 Å². The van der Waals surface area contributed by atoms with E-state index in [0.717, 1.165) is 6.42 Å². The molecule has 0 heteroatoms. The zero-order valence-corrected chi connectivity index (χ0v) is 7.79. The van der Waals surface area contributed by atoms with Crippen LogP contribution in [0.5, 0.6) is 0 Å². The summed E-state index contributed by atoms with van der Waals surface area (Å²) in [6.07, 6.45) is 4.94. The molecule has 0 heterocycles. The predicted octanol–water partition coefficient (Wildman–Crippen LogP) is 3.03. The second-order valence-electron chi connectivity index (χ2n) is 3.61. The average Bonchev–Trinajstić information content (AvgIpc) is 2.11. The van der Waals surface area contributed by atoms with E-state index in [0.29, 0.717) is 5.92 Å². The van der Waals surface area contributed by atoms with E-state index in [-0.39, 0.29) is 0 Å². The van der Waals surface area contributed by atoms with Crippen LogP contribution in [0.4, 0.5) is 0 Å². The lowest BCUT2D eigenvalue weighted by Gasteiger charge is -2.18. The minimum absolute atomic E-state index is 0.712. The lowest BCUT2D eigenvalue weighted by molar-refractivity contribution is 0.401. The Morgan fingerprint density at radius 1 is 1.15 bits per heavy atom. The molecule has 0 saturated heterocycles. The Morgan fingerprint density at radius 2 is 1.92 bits per heavy atom. The molecule has 0 nitrogen and oxygen atoms in total. The van der Waals surface area contributed by atoms with Crippen molar-refractivity contribution in [2.45, 2.75) is 25.7 Å². The van der Waals surface area contributed by atoms with E-state index in [1.54, 1.807) is 0 Å². The molecule has 0 aromatic heterocycles. The minimum Gasteiger partial charge on any atom is -0.0996 e. The van der Waals surface area contributed by atoms with Gasteiger partial charge in [0.15, 0.2) is 0 Å². The Bertz CT molecular complexity index is 309. The first kappa shape index (κ1) is 8.38. The molecule has 0 radical (unpaired) electrons. The van der Waals surface area contributed by atoms with Crippen molar-refractivity contribution >= 4 is 0 Å². The SMILES string of the molecule is C(#CC1CCC1)Cc1ccccc1. The van der Waals surface area contributed by atoms with Crippen molar-refractivity contribution in [2.24, 2.45) is 5.92 Å². The lowest BCUT2D eigenvalue weighted by atomic mass is 9.86. The van der Waals surface area contributed by atoms with Crippen LogP contribution in [0.2, 0.25) is 0 Å². The van der Waals surface area contributed by atoms with Gasteiger partial charge in [-0.25, -0.2) is 0 Å². The number of hydrogen-bond acceptors (Lipinski definition) is 0. The zero-order valence-electron chi connectivity index (χ0n) is 7.79. The van der Waals surface area contributed by atoms with Gasteiger partial charge in [0.05, 0.1) is 0 Å². The van der Waals surface area contributed by atoms with Gasteiger partial charge >= 0.3 is 0 Å². The average molecular weight is 170 g/mol. The zero-order chi connectivity index (χ0) is 8.93. The largest absolute Gasteiger partial charge is 0.0996 e. The molecule has 1 saturated carbocycles. The molecular formula is C13H14. The molecule has 0 N–H and O–H groups in total. The standard InChI is InChI=1S/C13H14/c1-2-6-12(7-3-1)8-4-9-13-10-5-11-13/h1-3,6-7,13H,5,8,10-11H2. The number of rotatable bonds is 1. The summed E-state index contributed by atoms with van der Waals surface area (Å²) in [5.41, 5.74) is 1.33. The van der Waals surface area contributed by atoms with E-state index in [1.807, 2.05) is 6.07 Å². The Morgan fingerprint density at radius 3 is 2.54 bits per heavy atom. The minimum atomic E-state index is 0.712. The molecule has 0 aliphatic heterocycles. The van der Waals surface area contributed by atoms with Gasteiger partial charge in [-0.2, -0.15) is 0 Å². The highest BCUT2D eigenvalue weighted by atomic mass is 14.2. The van der Waals surface area contributed by atoms with Crippen LogP contribution in [-0.2, 0) is 6.42 Å². The quantitative estimate of drug-likeness (QED) is 0.568. The molecule has 13 heavy (non-hydrogen) atoms. The normalized spacial score (nSPS) is 15.7. The van der Waals surface area contributed by atoms with Crippen molar-refractivity contribution in [3.05, 3.63) is 35.9 Å². The van der Waals surface area contributed by atoms with E-state index >= 15 is 0 Å². The van der Waals surface area contributed by atoms with Gasteiger partial charge in [0, 0.05) is 12.3 Å². The summed E-state index contributed by atoms with van der Waals surface area (Å²) in [4.78, 5) is 0. The molecule has 1 aromatic carbocycles. The van der Waals surface area contributed by atoms with Crippen molar-refractivity contribution in [3.63, 3.8) is 0 Å². The van der Waals surface area contributed by atoms with Crippen molar-refractivity contribution in [3.8, 4) is 11.8 Å². The van der Waals surface area contributed by atoms with Crippen LogP contribution in [0.25, 0.3) is 0 Å². The van der Waals surface area contributed by atoms with Crippen molar-refractivity contribution in [1.29, 1.82) is 0 Å². The van der Waals surface area contributed by atoms with E-state index < -0.39 is 0 Å². The van der Waals surface area contributed by atoms with Gasteiger partial charge in [-0.15, -0.1) is 0 Å². The van der Waals surface area contributed by atoms with Gasteiger partial charge in [0.1, 0.15) is 0 Å². The van der Waals surface area contributed by atoms with Gasteiger partial charge in [-0.3, -0.25) is 0 Å². The third kappa shape index (κ3) is 2.36. The van der Waals surface area contributed by atoms with Gasteiger partial charge in [0.2, 0.25) is 0 Å². The van der Waals surface area contributed by atoms with Crippen molar-refractivity contribution < 1.29 is 0 Å². The number of benzene rings is 1. The van der Waals surface area contributed by atoms with Crippen LogP contribution in [-0.4, -0.2) is 0 Å². The van der Waals surface area contributed by atoms with E-state index in [2.05, 4.69) is 36.1 Å². The summed E-state index contributed by atoms with van der Waals surface area (Å²) in [5, 5.41) is 0. The maximum Gasteiger partial charge on any atom is 0.0340 e. The smallest absolute Gasteiger partial charge is 0.0340 e. The molecule has 1 aromatic rings. The summed E-state index contributed by atoms with van der Waals surface area (Å²) >= 11 is 0. The molecule has 0 amide bonds. The molecular weight excluding hydrogens is 156 g/mol. The Kier molecular flexibility index (Phi) is 2.67. The first-order chi connectivity index (χ1) is 6.45. The van der Waals surface area contributed by atoms with Crippen molar-refractivity contribution in [2.75, 3.05) is 0 Å². The summed E-state index contributed by atoms with van der Waals surface area (Å²) < 4.78 is 0. The molecule has 1 fully saturated rings. The second-order valence-corrected chi connectivity index (χ2v) is 3.61. The molecule has 1 aliphatic carbocycles. The molecule has 66 valence electrons. The van der Waals surface area contributed by atoms with Gasteiger partial charge < -0.3 is 0 Å². The molecule has 0 spiro atoms. The van der Waals surface area contributed by atoms with Gasteiger partial charge in [-0.05, 0) is 18.4 Å². The summed E-state index contributed by atoms with van der Waals surface area (Å²) in [6.45, 7) is 0. The fourth-order valence-corrected chi connectivity index (χ4v) is 1.45. The topological polar surface area (TPSA) is 0 Å². The van der Waals surface area contributed by atoms with Crippen molar-refractivity contribution in [1.82, 2.24) is 0 Å². The summed E-state index contributed by atoms with van der Waals surface area (Å²) in [6, 6.07) is 10.5. The first-order valence-electron chi connectivity index (χ1n) is 4.97. The van der Waals surface area contributed by atoms with Crippen LogP contribution in [0.1, 0.15) is 24.8 Å². The van der Waals surface area contributed by atoms with Crippen LogP contribution in [0, 0.1) is 17.8 Å². The van der Waals surface area contributed by atoms with Crippen LogP contribution in [0.15, 0.2) is 30.3 Å². The van der Waals surface area contributed by atoms with Crippen LogP contribution >= 0.6 is 0 Å². The third-order valence-electron chi connectivity index (χ3n) is 2.55. The van der Waals surface area contributed by atoms with Crippen LogP contribution in [0.3, 0.4) is 0 Å². The molecule has 2 rings (SSSR count). The Balaban J connectivity index is 1.87. The monoisotopic (exact) mass is 170 g/mol. The Labute approximate surface area is 80.0 Å². The maximum atomic E-state index is 3.32. The van der Waals surface area contributed by atoms with E-state index in [1.165, 1.54) is 24.8 Å². The fourth-order valence-electron chi connectivity index (χ4n) is 1.45. The highest BCUT2D eigenvalue weighted by molar-refractivity contribution is 5.21. The summed E-state index contributed by atoms with van der Waals surface area (Å²) in [7, 11) is 0. The van der Waals surface area contributed by atoms with E-state index in [9.17, 15) is 0 Å².